The van der Waals surface area contributed by atoms with Crippen LogP contribution in [0.5, 0.6) is 5.88 Å². The molecular formula is C14H22N4O2. The normalized spacial score (nSPS) is 15.9. The summed E-state index contributed by atoms with van der Waals surface area (Å²) < 4.78 is 5.48. The number of anilines is 1. The van der Waals surface area contributed by atoms with Crippen molar-refractivity contribution in [1.29, 1.82) is 0 Å². The summed E-state index contributed by atoms with van der Waals surface area (Å²) >= 11 is 0. The van der Waals surface area contributed by atoms with Gasteiger partial charge in [-0.25, -0.2) is 9.97 Å². The first kappa shape index (κ1) is 14.6. The van der Waals surface area contributed by atoms with Crippen molar-refractivity contribution in [3.63, 3.8) is 0 Å². The standard InChI is InChI=1S/C14H22N4O2/c1-4-20-14-13(15-5-6-16-14)18-8-7-17(9-11(2)3)12(19)10-18/h5-6,11H,4,7-10H2,1-3H3. The third-order valence-electron chi connectivity index (χ3n) is 3.13. The van der Waals surface area contributed by atoms with Gasteiger partial charge in [-0.1, -0.05) is 13.8 Å². The summed E-state index contributed by atoms with van der Waals surface area (Å²) in [6.45, 7) is 9.31. The van der Waals surface area contributed by atoms with Gasteiger partial charge in [0, 0.05) is 32.0 Å². The van der Waals surface area contributed by atoms with Crippen LogP contribution in [0.4, 0.5) is 5.82 Å². The molecule has 0 N–H and O–H groups in total. The number of carbonyl (C=O) groups excluding carboxylic acids is 1. The second kappa shape index (κ2) is 6.54. The lowest BCUT2D eigenvalue weighted by Crippen LogP contribution is -2.51. The van der Waals surface area contributed by atoms with E-state index >= 15 is 0 Å². The molecule has 1 aliphatic rings. The van der Waals surface area contributed by atoms with Crippen LogP contribution in [-0.2, 0) is 4.79 Å². The number of ether oxygens (including phenoxy) is 1. The molecule has 1 amide bonds. The molecule has 6 nitrogen and oxygen atoms in total. The van der Waals surface area contributed by atoms with Crippen LogP contribution in [-0.4, -0.2) is 53.6 Å². The highest BCUT2D eigenvalue weighted by molar-refractivity contribution is 5.82. The largest absolute Gasteiger partial charge is 0.475 e. The lowest BCUT2D eigenvalue weighted by Gasteiger charge is -2.35. The fraction of sp³-hybridized carbons (Fsp3) is 0.643. The number of hydrogen-bond acceptors (Lipinski definition) is 5. The van der Waals surface area contributed by atoms with E-state index in [0.29, 0.717) is 30.8 Å². The molecule has 0 aliphatic carbocycles. The Hall–Kier alpha value is -1.85. The molecular weight excluding hydrogens is 256 g/mol. The maximum absolute atomic E-state index is 12.2. The van der Waals surface area contributed by atoms with Gasteiger partial charge in [0.25, 0.3) is 5.88 Å². The summed E-state index contributed by atoms with van der Waals surface area (Å²) in [5.41, 5.74) is 0. The van der Waals surface area contributed by atoms with E-state index in [1.807, 2.05) is 16.7 Å². The topological polar surface area (TPSA) is 58.6 Å². The first-order valence-electron chi connectivity index (χ1n) is 7.08. The highest BCUT2D eigenvalue weighted by Gasteiger charge is 2.27. The van der Waals surface area contributed by atoms with Gasteiger partial charge in [-0.05, 0) is 12.8 Å². The minimum Gasteiger partial charge on any atom is -0.475 e. The van der Waals surface area contributed by atoms with Crippen molar-refractivity contribution >= 4 is 11.7 Å². The lowest BCUT2D eigenvalue weighted by atomic mass is 10.2. The van der Waals surface area contributed by atoms with Crippen molar-refractivity contribution in [2.24, 2.45) is 5.92 Å². The molecule has 20 heavy (non-hydrogen) atoms. The molecule has 0 radical (unpaired) electrons. The Morgan fingerprint density at radius 1 is 1.30 bits per heavy atom. The molecule has 1 aromatic heterocycles. The van der Waals surface area contributed by atoms with Gasteiger partial charge in [-0.2, -0.15) is 0 Å². The van der Waals surface area contributed by atoms with Crippen LogP contribution in [0.15, 0.2) is 12.4 Å². The first-order chi connectivity index (χ1) is 9.61. The Morgan fingerprint density at radius 3 is 2.70 bits per heavy atom. The second-order valence-corrected chi connectivity index (χ2v) is 5.27. The van der Waals surface area contributed by atoms with E-state index in [9.17, 15) is 4.79 Å². The summed E-state index contributed by atoms with van der Waals surface area (Å²) in [5, 5.41) is 0. The molecule has 6 heteroatoms. The van der Waals surface area contributed by atoms with Gasteiger partial charge >= 0.3 is 0 Å². The number of rotatable bonds is 5. The average molecular weight is 278 g/mol. The average Bonchev–Trinajstić information content (AvgIpc) is 2.42. The number of piperazine rings is 1. The zero-order chi connectivity index (χ0) is 14.5. The number of aromatic nitrogens is 2. The molecule has 1 aromatic rings. The smallest absolute Gasteiger partial charge is 0.257 e. The van der Waals surface area contributed by atoms with E-state index in [2.05, 4.69) is 23.8 Å². The van der Waals surface area contributed by atoms with Crippen molar-refractivity contribution in [3.05, 3.63) is 12.4 Å². The SMILES string of the molecule is CCOc1nccnc1N1CCN(CC(C)C)C(=O)C1. The van der Waals surface area contributed by atoms with Gasteiger partial charge in [-0.3, -0.25) is 4.79 Å². The van der Waals surface area contributed by atoms with E-state index < -0.39 is 0 Å². The number of hydrogen-bond donors (Lipinski definition) is 0. The van der Waals surface area contributed by atoms with Crippen molar-refractivity contribution in [1.82, 2.24) is 14.9 Å². The van der Waals surface area contributed by atoms with E-state index in [-0.39, 0.29) is 5.91 Å². The van der Waals surface area contributed by atoms with Crippen LogP contribution in [0.2, 0.25) is 0 Å². The molecule has 2 heterocycles. The molecule has 0 aromatic carbocycles. The van der Waals surface area contributed by atoms with Crippen LogP contribution in [0.25, 0.3) is 0 Å². The Labute approximate surface area is 119 Å². The fourth-order valence-corrected chi connectivity index (χ4v) is 2.30. The molecule has 2 rings (SSSR count). The molecule has 110 valence electrons. The number of carbonyl (C=O) groups is 1. The summed E-state index contributed by atoms with van der Waals surface area (Å²) in [4.78, 5) is 24.5. The number of nitrogens with zero attached hydrogens (tertiary/aromatic N) is 4. The molecule has 0 saturated carbocycles. The highest BCUT2D eigenvalue weighted by Crippen LogP contribution is 2.24. The third-order valence-corrected chi connectivity index (χ3v) is 3.13. The predicted octanol–water partition coefficient (Wildman–Crippen LogP) is 1.18. The van der Waals surface area contributed by atoms with E-state index in [1.165, 1.54) is 0 Å². The van der Waals surface area contributed by atoms with E-state index in [0.717, 1.165) is 19.6 Å². The summed E-state index contributed by atoms with van der Waals surface area (Å²) in [7, 11) is 0. The fourth-order valence-electron chi connectivity index (χ4n) is 2.30. The van der Waals surface area contributed by atoms with E-state index in [1.54, 1.807) is 12.4 Å². The molecule has 1 saturated heterocycles. The summed E-state index contributed by atoms with van der Waals surface area (Å²) in [6, 6.07) is 0. The third kappa shape index (κ3) is 3.37. The van der Waals surface area contributed by atoms with Gasteiger partial charge < -0.3 is 14.5 Å². The molecule has 0 unspecified atom stereocenters. The van der Waals surface area contributed by atoms with Gasteiger partial charge in [0.15, 0.2) is 5.82 Å². The van der Waals surface area contributed by atoms with Gasteiger partial charge in [-0.15, -0.1) is 0 Å². The van der Waals surface area contributed by atoms with Crippen LogP contribution in [0.1, 0.15) is 20.8 Å². The van der Waals surface area contributed by atoms with Crippen LogP contribution >= 0.6 is 0 Å². The Balaban J connectivity index is 2.07. The van der Waals surface area contributed by atoms with E-state index in [4.69, 9.17) is 4.74 Å². The minimum atomic E-state index is 0.137. The Kier molecular flexibility index (Phi) is 4.76. The molecule has 0 bridgehead atoms. The van der Waals surface area contributed by atoms with Crippen molar-refractivity contribution in [3.8, 4) is 5.88 Å². The maximum atomic E-state index is 12.2. The Bertz CT molecular complexity index is 464. The summed E-state index contributed by atoms with van der Waals surface area (Å²) in [6.07, 6.45) is 3.23. The summed E-state index contributed by atoms with van der Waals surface area (Å²) in [5.74, 6) is 1.78. The first-order valence-corrected chi connectivity index (χ1v) is 7.08. The van der Waals surface area contributed by atoms with Gasteiger partial charge in [0.1, 0.15) is 0 Å². The molecule has 0 atom stereocenters. The second-order valence-electron chi connectivity index (χ2n) is 5.27. The molecule has 1 fully saturated rings. The van der Waals surface area contributed by atoms with Crippen LogP contribution in [0.3, 0.4) is 0 Å². The van der Waals surface area contributed by atoms with Crippen molar-refractivity contribution < 1.29 is 9.53 Å². The lowest BCUT2D eigenvalue weighted by molar-refractivity contribution is -0.131. The van der Waals surface area contributed by atoms with Crippen molar-refractivity contribution in [2.75, 3.05) is 37.7 Å². The van der Waals surface area contributed by atoms with Crippen molar-refractivity contribution in [2.45, 2.75) is 20.8 Å². The van der Waals surface area contributed by atoms with Gasteiger partial charge in [0.05, 0.1) is 13.2 Å². The number of amides is 1. The zero-order valence-electron chi connectivity index (χ0n) is 12.4. The van der Waals surface area contributed by atoms with Gasteiger partial charge in [0.2, 0.25) is 5.91 Å². The quantitative estimate of drug-likeness (QED) is 0.809. The molecule has 0 spiro atoms. The molecule has 1 aliphatic heterocycles. The maximum Gasteiger partial charge on any atom is 0.257 e. The Morgan fingerprint density at radius 2 is 2.05 bits per heavy atom. The highest BCUT2D eigenvalue weighted by atomic mass is 16.5. The van der Waals surface area contributed by atoms with Crippen LogP contribution in [0, 0.1) is 5.92 Å². The van der Waals surface area contributed by atoms with Crippen LogP contribution < -0.4 is 9.64 Å². The minimum absolute atomic E-state index is 0.137. The predicted molar refractivity (Wildman–Crippen MR) is 76.8 cm³/mol. The zero-order valence-corrected chi connectivity index (χ0v) is 12.4. The monoisotopic (exact) mass is 278 g/mol.